The molecular formula is C13H23N3O4S. The highest BCUT2D eigenvalue weighted by Crippen LogP contribution is 2.24. The first kappa shape index (κ1) is 17.7. The van der Waals surface area contributed by atoms with E-state index in [1.807, 2.05) is 11.8 Å². The molecule has 0 bridgehead atoms. The van der Waals surface area contributed by atoms with Gasteiger partial charge in [-0.1, -0.05) is 0 Å². The maximum Gasteiger partial charge on any atom is 0.238 e. The van der Waals surface area contributed by atoms with Crippen LogP contribution in [0.4, 0.5) is 11.4 Å². The van der Waals surface area contributed by atoms with E-state index in [9.17, 15) is 8.42 Å². The van der Waals surface area contributed by atoms with Crippen molar-refractivity contribution >= 4 is 21.4 Å². The average molecular weight is 317 g/mol. The summed E-state index contributed by atoms with van der Waals surface area (Å²) < 4.78 is 33.3. The van der Waals surface area contributed by atoms with Crippen LogP contribution in [-0.4, -0.2) is 48.4 Å². The van der Waals surface area contributed by atoms with Crippen molar-refractivity contribution < 1.29 is 17.9 Å². The maximum absolute atomic E-state index is 11.5. The molecule has 120 valence electrons. The number of nitrogens with zero attached hydrogens (tertiary/aromatic N) is 1. The molecule has 1 unspecified atom stereocenters. The molecule has 1 rings (SSSR count). The first-order chi connectivity index (χ1) is 9.79. The number of anilines is 2. The van der Waals surface area contributed by atoms with Crippen molar-refractivity contribution in [1.82, 2.24) is 0 Å². The van der Waals surface area contributed by atoms with Crippen LogP contribution in [0.5, 0.6) is 0 Å². The van der Waals surface area contributed by atoms with Gasteiger partial charge >= 0.3 is 0 Å². The predicted octanol–water partition coefficient (Wildman–Crippen LogP) is 0.404. The molecule has 4 N–H and O–H groups in total. The van der Waals surface area contributed by atoms with Gasteiger partial charge in [0.15, 0.2) is 0 Å². The minimum Gasteiger partial charge on any atom is -0.399 e. The lowest BCUT2D eigenvalue weighted by Gasteiger charge is -2.31. The fourth-order valence-electron chi connectivity index (χ4n) is 2.06. The van der Waals surface area contributed by atoms with E-state index in [0.717, 1.165) is 0 Å². The zero-order chi connectivity index (χ0) is 16.0. The first-order valence-corrected chi connectivity index (χ1v) is 8.02. The molecule has 0 fully saturated rings. The van der Waals surface area contributed by atoms with Crippen LogP contribution in [0, 0.1) is 0 Å². The number of methoxy groups -OCH3 is 2. The molecule has 0 aliphatic heterocycles. The molecule has 0 saturated heterocycles. The fourth-order valence-corrected chi connectivity index (χ4v) is 2.65. The molecule has 0 radical (unpaired) electrons. The quantitative estimate of drug-likeness (QED) is 0.672. The Morgan fingerprint density at radius 1 is 1.24 bits per heavy atom. The molecule has 1 aromatic rings. The number of benzene rings is 1. The van der Waals surface area contributed by atoms with Gasteiger partial charge < -0.3 is 20.1 Å². The molecule has 0 aromatic heterocycles. The third kappa shape index (κ3) is 5.16. The molecule has 1 atom stereocenters. The second-order valence-electron chi connectivity index (χ2n) is 4.80. The van der Waals surface area contributed by atoms with E-state index in [0.29, 0.717) is 31.1 Å². The molecule has 7 nitrogen and oxygen atoms in total. The van der Waals surface area contributed by atoms with Gasteiger partial charge in [0.2, 0.25) is 10.0 Å². The summed E-state index contributed by atoms with van der Waals surface area (Å²) in [5.74, 6) is 0. The zero-order valence-corrected chi connectivity index (χ0v) is 13.4. The highest BCUT2D eigenvalue weighted by Gasteiger charge is 2.18. The molecule has 0 aliphatic carbocycles. The van der Waals surface area contributed by atoms with Crippen molar-refractivity contribution in [2.24, 2.45) is 5.14 Å². The molecule has 0 amide bonds. The molecular weight excluding hydrogens is 294 g/mol. The van der Waals surface area contributed by atoms with Crippen molar-refractivity contribution in [1.29, 1.82) is 0 Å². The number of primary sulfonamides is 1. The summed E-state index contributed by atoms with van der Waals surface area (Å²) in [6.45, 7) is 3.53. The van der Waals surface area contributed by atoms with Gasteiger partial charge in [0.05, 0.1) is 18.1 Å². The minimum absolute atomic E-state index is 0.00969. The maximum atomic E-state index is 11.5. The molecule has 0 spiro atoms. The van der Waals surface area contributed by atoms with Gasteiger partial charge in [-0.05, 0) is 25.1 Å². The van der Waals surface area contributed by atoms with Crippen molar-refractivity contribution in [3.8, 4) is 0 Å². The van der Waals surface area contributed by atoms with Crippen LogP contribution in [0.25, 0.3) is 0 Å². The van der Waals surface area contributed by atoms with Gasteiger partial charge in [-0.25, -0.2) is 13.6 Å². The van der Waals surface area contributed by atoms with Crippen molar-refractivity contribution in [3.63, 3.8) is 0 Å². The van der Waals surface area contributed by atoms with Crippen LogP contribution in [0.3, 0.4) is 0 Å². The Kier molecular flexibility index (Phi) is 6.41. The summed E-state index contributed by atoms with van der Waals surface area (Å²) in [5.41, 5.74) is 6.79. The van der Waals surface area contributed by atoms with E-state index in [-0.39, 0.29) is 10.9 Å². The van der Waals surface area contributed by atoms with E-state index in [1.54, 1.807) is 20.3 Å². The van der Waals surface area contributed by atoms with E-state index in [1.165, 1.54) is 12.1 Å². The van der Waals surface area contributed by atoms with E-state index >= 15 is 0 Å². The van der Waals surface area contributed by atoms with Crippen LogP contribution in [0.1, 0.15) is 6.92 Å². The lowest BCUT2D eigenvalue weighted by atomic mass is 10.2. The summed E-state index contributed by atoms with van der Waals surface area (Å²) in [6.07, 6.45) is 0. The second-order valence-corrected chi connectivity index (χ2v) is 6.36. The normalized spacial score (nSPS) is 13.1. The SMILES string of the molecule is COCCN(c1cc(N)cc(S(N)(=O)=O)c1)C(C)COC. The van der Waals surface area contributed by atoms with Gasteiger partial charge in [0, 0.05) is 38.2 Å². The van der Waals surface area contributed by atoms with Crippen LogP contribution < -0.4 is 15.8 Å². The second kappa shape index (κ2) is 7.60. The lowest BCUT2D eigenvalue weighted by Crippen LogP contribution is -2.38. The fraction of sp³-hybridized carbons (Fsp3) is 0.538. The van der Waals surface area contributed by atoms with Crippen molar-refractivity contribution in [2.75, 3.05) is 44.6 Å². The highest BCUT2D eigenvalue weighted by atomic mass is 32.2. The minimum atomic E-state index is -3.81. The summed E-state index contributed by atoms with van der Waals surface area (Å²) in [4.78, 5) is 1.96. The molecule has 1 aromatic carbocycles. The average Bonchev–Trinajstić information content (AvgIpc) is 2.38. The van der Waals surface area contributed by atoms with Crippen molar-refractivity contribution in [2.45, 2.75) is 17.9 Å². The number of nitrogens with two attached hydrogens (primary N) is 2. The van der Waals surface area contributed by atoms with Crippen LogP contribution in [0.15, 0.2) is 23.1 Å². The molecule has 21 heavy (non-hydrogen) atoms. The molecule has 8 heteroatoms. The standard InChI is InChI=1S/C13H23N3O4S/c1-10(9-20-3)16(4-5-19-2)12-6-11(14)7-13(8-12)21(15,17)18/h6-8,10H,4-5,9,14H2,1-3H3,(H2,15,17,18). The zero-order valence-electron chi connectivity index (χ0n) is 12.6. The Bertz CT molecular complexity index is 563. The van der Waals surface area contributed by atoms with Gasteiger partial charge in [0.1, 0.15) is 0 Å². The smallest absolute Gasteiger partial charge is 0.238 e. The number of nitrogen functional groups attached to an aromatic ring is 1. The molecule has 0 saturated carbocycles. The van der Waals surface area contributed by atoms with Gasteiger partial charge in [-0.2, -0.15) is 0 Å². The number of rotatable bonds is 8. The Morgan fingerprint density at radius 3 is 2.43 bits per heavy atom. The number of sulfonamides is 1. The largest absolute Gasteiger partial charge is 0.399 e. The number of ether oxygens (including phenoxy) is 2. The van der Waals surface area contributed by atoms with Gasteiger partial charge in [-0.15, -0.1) is 0 Å². The van der Waals surface area contributed by atoms with Gasteiger partial charge in [-0.3, -0.25) is 0 Å². The molecule has 0 aliphatic rings. The summed E-state index contributed by atoms with van der Waals surface area (Å²) in [5, 5.41) is 5.18. The first-order valence-electron chi connectivity index (χ1n) is 6.47. The number of hydrogen-bond acceptors (Lipinski definition) is 6. The monoisotopic (exact) mass is 317 g/mol. The Hall–Kier alpha value is -1.35. The van der Waals surface area contributed by atoms with Crippen LogP contribution in [0.2, 0.25) is 0 Å². The third-order valence-electron chi connectivity index (χ3n) is 3.05. The summed E-state index contributed by atoms with van der Waals surface area (Å²) in [6, 6.07) is 4.58. The number of hydrogen-bond donors (Lipinski definition) is 2. The molecule has 0 heterocycles. The summed E-state index contributed by atoms with van der Waals surface area (Å²) in [7, 11) is -0.592. The topological polar surface area (TPSA) is 108 Å². The van der Waals surface area contributed by atoms with E-state index < -0.39 is 10.0 Å². The third-order valence-corrected chi connectivity index (χ3v) is 3.94. The van der Waals surface area contributed by atoms with Crippen molar-refractivity contribution in [3.05, 3.63) is 18.2 Å². The van der Waals surface area contributed by atoms with Crippen LogP contribution >= 0.6 is 0 Å². The predicted molar refractivity (Wildman–Crippen MR) is 82.8 cm³/mol. The van der Waals surface area contributed by atoms with Crippen LogP contribution in [-0.2, 0) is 19.5 Å². The van der Waals surface area contributed by atoms with E-state index in [4.69, 9.17) is 20.3 Å². The lowest BCUT2D eigenvalue weighted by molar-refractivity contribution is 0.171. The van der Waals surface area contributed by atoms with E-state index in [2.05, 4.69) is 0 Å². The van der Waals surface area contributed by atoms with Gasteiger partial charge in [0.25, 0.3) is 0 Å². The Morgan fingerprint density at radius 2 is 1.90 bits per heavy atom. The summed E-state index contributed by atoms with van der Waals surface area (Å²) >= 11 is 0. The Labute approximate surface area is 125 Å². The Balaban J connectivity index is 3.20. The highest BCUT2D eigenvalue weighted by molar-refractivity contribution is 7.89.